The maximum Gasteiger partial charge on any atom is 0.228 e. The van der Waals surface area contributed by atoms with E-state index in [0.29, 0.717) is 25.3 Å². The van der Waals surface area contributed by atoms with Crippen molar-refractivity contribution in [1.29, 1.82) is 0 Å². The fourth-order valence-electron chi connectivity index (χ4n) is 3.89. The number of thioether (sulfide) groups is 1. The van der Waals surface area contributed by atoms with Gasteiger partial charge in [-0.25, -0.2) is 4.98 Å². The van der Waals surface area contributed by atoms with E-state index in [2.05, 4.69) is 32.0 Å². The number of nitrogens with zero attached hydrogens (tertiary/aromatic N) is 2. The molecule has 3 aromatic rings. The Morgan fingerprint density at radius 3 is 2.62 bits per heavy atom. The predicted molar refractivity (Wildman–Crippen MR) is 130 cm³/mol. The molecule has 0 N–H and O–H groups in total. The standard InChI is InChI=1S/C25H28N2O3S2/c1-16-5-6-17(2)20(9-16)14-31-25-26-21(15-32-25)12-24(28)27-8-7-18-10-22(29-3)23(30-4)11-19(18)13-27/h5-6,9-11,15H,7-8,12-14H2,1-4H3. The van der Waals surface area contributed by atoms with Gasteiger partial charge in [0.05, 0.1) is 26.3 Å². The second kappa shape index (κ2) is 9.96. The molecule has 2 aromatic carbocycles. The summed E-state index contributed by atoms with van der Waals surface area (Å²) in [6.07, 6.45) is 1.15. The molecule has 1 aliphatic rings. The number of hydrogen-bond acceptors (Lipinski definition) is 6. The normalized spacial score (nSPS) is 13.1. The Morgan fingerprint density at radius 2 is 1.88 bits per heavy atom. The van der Waals surface area contributed by atoms with Gasteiger partial charge in [0.1, 0.15) is 4.34 Å². The molecule has 5 nitrogen and oxygen atoms in total. The molecule has 0 aliphatic carbocycles. The first kappa shape index (κ1) is 22.7. The number of aryl methyl sites for hydroxylation is 2. The van der Waals surface area contributed by atoms with Crippen molar-refractivity contribution < 1.29 is 14.3 Å². The Hall–Kier alpha value is -2.51. The fraction of sp³-hybridized carbons (Fsp3) is 0.360. The van der Waals surface area contributed by atoms with Crippen LogP contribution in [0.1, 0.15) is 33.5 Å². The van der Waals surface area contributed by atoms with Crippen LogP contribution in [0.2, 0.25) is 0 Å². The molecule has 0 fully saturated rings. The number of amides is 1. The Kier molecular flexibility index (Phi) is 7.06. The summed E-state index contributed by atoms with van der Waals surface area (Å²) in [4.78, 5) is 19.6. The van der Waals surface area contributed by atoms with Crippen LogP contribution in [-0.2, 0) is 29.9 Å². The number of methoxy groups -OCH3 is 2. The van der Waals surface area contributed by atoms with Crippen LogP contribution in [-0.4, -0.2) is 36.6 Å². The van der Waals surface area contributed by atoms with Crippen molar-refractivity contribution in [3.05, 3.63) is 69.2 Å². The Balaban J connectivity index is 1.37. The van der Waals surface area contributed by atoms with E-state index in [1.807, 2.05) is 22.4 Å². The van der Waals surface area contributed by atoms with Crippen molar-refractivity contribution >= 4 is 29.0 Å². The van der Waals surface area contributed by atoms with Crippen molar-refractivity contribution in [3.8, 4) is 11.5 Å². The van der Waals surface area contributed by atoms with Gasteiger partial charge in [0.25, 0.3) is 0 Å². The lowest BCUT2D eigenvalue weighted by atomic mass is 9.98. The quantitative estimate of drug-likeness (QED) is 0.446. The van der Waals surface area contributed by atoms with Crippen molar-refractivity contribution in [2.24, 2.45) is 0 Å². The third-order valence-electron chi connectivity index (χ3n) is 5.79. The maximum atomic E-state index is 13.0. The van der Waals surface area contributed by atoms with Gasteiger partial charge in [0.15, 0.2) is 11.5 Å². The largest absolute Gasteiger partial charge is 0.493 e. The number of aromatic nitrogens is 1. The molecule has 4 rings (SSSR count). The molecule has 0 bridgehead atoms. The summed E-state index contributed by atoms with van der Waals surface area (Å²) in [6.45, 7) is 5.56. The first-order valence-corrected chi connectivity index (χ1v) is 12.5. The van der Waals surface area contributed by atoms with E-state index in [4.69, 9.17) is 14.5 Å². The Bertz CT molecular complexity index is 1130. The van der Waals surface area contributed by atoms with Gasteiger partial charge >= 0.3 is 0 Å². The summed E-state index contributed by atoms with van der Waals surface area (Å²) in [6, 6.07) is 10.6. The summed E-state index contributed by atoms with van der Waals surface area (Å²) in [5, 5.41) is 2.01. The fourth-order valence-corrected chi connectivity index (χ4v) is 5.80. The van der Waals surface area contributed by atoms with E-state index in [1.54, 1.807) is 37.3 Å². The molecular weight excluding hydrogens is 440 g/mol. The summed E-state index contributed by atoms with van der Waals surface area (Å²) >= 11 is 3.35. The first-order valence-electron chi connectivity index (χ1n) is 10.6. The van der Waals surface area contributed by atoms with E-state index >= 15 is 0 Å². The average Bonchev–Trinajstić information content (AvgIpc) is 3.25. The lowest BCUT2D eigenvalue weighted by Gasteiger charge is -2.29. The maximum absolute atomic E-state index is 13.0. The molecule has 0 saturated heterocycles. The highest BCUT2D eigenvalue weighted by atomic mass is 32.2. The van der Waals surface area contributed by atoms with Gasteiger partial charge < -0.3 is 14.4 Å². The number of thiazole rings is 1. The second-order valence-corrected chi connectivity index (χ2v) is 10.1. The monoisotopic (exact) mass is 468 g/mol. The number of hydrogen-bond donors (Lipinski definition) is 0. The number of benzene rings is 2. The molecule has 1 aliphatic heterocycles. The minimum atomic E-state index is 0.113. The molecule has 1 aromatic heterocycles. The van der Waals surface area contributed by atoms with Crippen LogP contribution in [0.25, 0.3) is 0 Å². The van der Waals surface area contributed by atoms with Crippen LogP contribution < -0.4 is 9.47 Å². The summed E-state index contributed by atoms with van der Waals surface area (Å²) in [7, 11) is 3.28. The highest BCUT2D eigenvalue weighted by Gasteiger charge is 2.23. The Labute approximate surface area is 197 Å². The van der Waals surface area contributed by atoms with Crippen LogP contribution in [0.5, 0.6) is 11.5 Å². The number of ether oxygens (including phenoxy) is 2. The highest BCUT2D eigenvalue weighted by molar-refractivity contribution is 8.00. The van der Waals surface area contributed by atoms with E-state index in [0.717, 1.165) is 33.5 Å². The first-order chi connectivity index (χ1) is 15.5. The average molecular weight is 469 g/mol. The molecule has 32 heavy (non-hydrogen) atoms. The van der Waals surface area contributed by atoms with Gasteiger partial charge in [0.2, 0.25) is 5.91 Å². The zero-order valence-corrected chi connectivity index (χ0v) is 20.6. The topological polar surface area (TPSA) is 51.7 Å². The van der Waals surface area contributed by atoms with Gasteiger partial charge in [-0.15, -0.1) is 11.3 Å². The Morgan fingerprint density at radius 1 is 1.12 bits per heavy atom. The van der Waals surface area contributed by atoms with Crippen LogP contribution in [0, 0.1) is 13.8 Å². The number of carbonyl (C=O) groups is 1. The minimum Gasteiger partial charge on any atom is -0.493 e. The van der Waals surface area contributed by atoms with Gasteiger partial charge in [0, 0.05) is 24.2 Å². The van der Waals surface area contributed by atoms with E-state index < -0.39 is 0 Å². The SMILES string of the molecule is COc1cc2c(cc1OC)CN(C(=O)Cc1csc(SCc3cc(C)ccc3C)n1)CC2. The molecular formula is C25H28N2O3S2. The lowest BCUT2D eigenvalue weighted by Crippen LogP contribution is -2.37. The summed E-state index contributed by atoms with van der Waals surface area (Å²) in [5.74, 6) is 2.44. The van der Waals surface area contributed by atoms with Gasteiger partial charge in [-0.05, 0) is 54.7 Å². The van der Waals surface area contributed by atoms with Gasteiger partial charge in [-0.2, -0.15) is 0 Å². The second-order valence-electron chi connectivity index (χ2n) is 8.04. The number of carbonyl (C=O) groups excluding carboxylic acids is 1. The van der Waals surface area contributed by atoms with Crippen LogP contribution in [0.15, 0.2) is 40.1 Å². The smallest absolute Gasteiger partial charge is 0.228 e. The van der Waals surface area contributed by atoms with Crippen molar-refractivity contribution in [3.63, 3.8) is 0 Å². The van der Waals surface area contributed by atoms with Crippen molar-refractivity contribution in [2.45, 2.75) is 43.3 Å². The summed E-state index contributed by atoms with van der Waals surface area (Å²) in [5.41, 5.74) is 7.09. The molecule has 2 heterocycles. The van der Waals surface area contributed by atoms with E-state index in [9.17, 15) is 4.79 Å². The lowest BCUT2D eigenvalue weighted by molar-refractivity contribution is -0.131. The zero-order chi connectivity index (χ0) is 22.7. The molecule has 0 spiro atoms. The van der Waals surface area contributed by atoms with Crippen LogP contribution in [0.4, 0.5) is 0 Å². The minimum absolute atomic E-state index is 0.113. The molecule has 168 valence electrons. The molecule has 7 heteroatoms. The van der Waals surface area contributed by atoms with Crippen LogP contribution >= 0.6 is 23.1 Å². The highest BCUT2D eigenvalue weighted by Crippen LogP contribution is 2.33. The van der Waals surface area contributed by atoms with Crippen molar-refractivity contribution in [2.75, 3.05) is 20.8 Å². The van der Waals surface area contributed by atoms with Crippen molar-refractivity contribution in [1.82, 2.24) is 9.88 Å². The van der Waals surface area contributed by atoms with Crippen LogP contribution in [0.3, 0.4) is 0 Å². The molecule has 0 radical (unpaired) electrons. The van der Waals surface area contributed by atoms with Gasteiger partial charge in [-0.1, -0.05) is 35.5 Å². The third kappa shape index (κ3) is 5.10. The molecule has 0 unspecified atom stereocenters. The van der Waals surface area contributed by atoms with E-state index in [-0.39, 0.29) is 5.91 Å². The van der Waals surface area contributed by atoms with E-state index in [1.165, 1.54) is 22.3 Å². The molecule has 1 amide bonds. The summed E-state index contributed by atoms with van der Waals surface area (Å²) < 4.78 is 11.8. The number of fused-ring (bicyclic) bond motifs is 1. The molecule has 0 saturated carbocycles. The zero-order valence-electron chi connectivity index (χ0n) is 18.9. The third-order valence-corrected chi connectivity index (χ3v) is 7.91. The molecule has 0 atom stereocenters. The van der Waals surface area contributed by atoms with Gasteiger partial charge in [-0.3, -0.25) is 4.79 Å². The predicted octanol–water partition coefficient (Wildman–Crippen LogP) is 5.20. The number of rotatable bonds is 7.